The second kappa shape index (κ2) is 7.45. The van der Waals surface area contributed by atoms with Crippen LogP contribution in [-0.4, -0.2) is 25.6 Å². The van der Waals surface area contributed by atoms with E-state index in [4.69, 9.17) is 5.73 Å². The molecule has 0 rings (SSSR count). The zero-order chi connectivity index (χ0) is 8.53. The van der Waals surface area contributed by atoms with E-state index in [1.54, 1.807) is 0 Å². The Hall–Kier alpha value is -0.660. The van der Waals surface area contributed by atoms with Gasteiger partial charge in [-0.3, -0.25) is 0 Å². The summed E-state index contributed by atoms with van der Waals surface area (Å²) in [6.07, 6.45) is 0.921. The maximum atomic E-state index is 5.27. The summed E-state index contributed by atoms with van der Waals surface area (Å²) in [5.74, 6) is 0.590. The van der Waals surface area contributed by atoms with Crippen LogP contribution in [0.4, 0.5) is 0 Å². The van der Waals surface area contributed by atoms with Crippen LogP contribution in [0, 0.1) is 5.92 Å². The molecule has 0 saturated carbocycles. The zero-order valence-electron chi connectivity index (χ0n) is 7.38. The van der Waals surface area contributed by atoms with Crippen LogP contribution >= 0.6 is 0 Å². The van der Waals surface area contributed by atoms with Gasteiger partial charge in [-0.05, 0) is 18.9 Å². The average Bonchev–Trinajstić information content (AvgIpc) is 1.96. The van der Waals surface area contributed by atoms with Gasteiger partial charge in [0.15, 0.2) is 0 Å². The molecule has 64 valence electrons. The van der Waals surface area contributed by atoms with Crippen LogP contribution in [0.1, 0.15) is 20.3 Å². The molecule has 0 aliphatic heterocycles. The lowest BCUT2D eigenvalue weighted by atomic mass is 10.2. The molecule has 0 bridgehead atoms. The summed E-state index contributed by atoms with van der Waals surface area (Å²) in [5.41, 5.74) is 5.27. The Bertz CT molecular complexity index is 134. The van der Waals surface area contributed by atoms with Crippen LogP contribution in [0.3, 0.4) is 0 Å². The number of nitrogens with zero attached hydrogens (tertiary/aromatic N) is 2. The minimum atomic E-state index is 0.590. The molecule has 0 atom stereocenters. The lowest BCUT2D eigenvalue weighted by molar-refractivity contribution is 0.667. The van der Waals surface area contributed by atoms with Gasteiger partial charge in [-0.2, -0.15) is 0 Å². The first-order valence-corrected chi connectivity index (χ1v) is 4.05. The minimum Gasteiger partial charge on any atom is -0.330 e. The maximum Gasteiger partial charge on any atom is 0.0892 e. The van der Waals surface area contributed by atoms with Crippen LogP contribution in [0.15, 0.2) is 9.98 Å². The molecule has 0 saturated heterocycles. The predicted molar refractivity (Wildman–Crippen MR) is 48.1 cm³/mol. The summed E-state index contributed by atoms with van der Waals surface area (Å²) < 4.78 is 0. The molecule has 0 heterocycles. The fraction of sp³-hybridized carbons (Fsp3) is 0.875. The molecule has 0 aromatic rings. The van der Waals surface area contributed by atoms with Crippen LogP contribution in [0.5, 0.6) is 0 Å². The Labute approximate surface area is 68.4 Å². The number of aliphatic imine (C=N–C) groups is 2. The largest absolute Gasteiger partial charge is 0.330 e. The standard InChI is InChI=1S/C8H17N3/c1-8(2)6-11-7-10-5-3-4-9/h8H,3-6,9H2,1-2H3. The average molecular weight is 155 g/mol. The van der Waals surface area contributed by atoms with E-state index in [-0.39, 0.29) is 0 Å². The van der Waals surface area contributed by atoms with Crippen molar-refractivity contribution in [2.45, 2.75) is 20.3 Å². The van der Waals surface area contributed by atoms with Crippen molar-refractivity contribution in [3.63, 3.8) is 0 Å². The van der Waals surface area contributed by atoms with Gasteiger partial charge in [0, 0.05) is 0 Å². The Morgan fingerprint density at radius 2 is 2.09 bits per heavy atom. The Morgan fingerprint density at radius 3 is 2.64 bits per heavy atom. The summed E-state index contributed by atoms with van der Waals surface area (Å²) in [7, 11) is 0. The van der Waals surface area contributed by atoms with Gasteiger partial charge in [-0.15, -0.1) is 0 Å². The molecule has 3 heteroatoms. The van der Waals surface area contributed by atoms with E-state index in [1.165, 1.54) is 0 Å². The van der Waals surface area contributed by atoms with E-state index in [2.05, 4.69) is 29.8 Å². The molecule has 2 N–H and O–H groups in total. The second-order valence-electron chi connectivity index (χ2n) is 2.86. The van der Waals surface area contributed by atoms with Crippen molar-refractivity contribution in [2.75, 3.05) is 19.6 Å². The van der Waals surface area contributed by atoms with Crippen LogP contribution < -0.4 is 5.73 Å². The van der Waals surface area contributed by atoms with Gasteiger partial charge in [-0.1, -0.05) is 13.8 Å². The molecule has 0 aliphatic rings. The summed E-state index contributed by atoms with van der Waals surface area (Å²) in [6, 6.07) is 2.65. The lowest BCUT2D eigenvalue weighted by Crippen LogP contribution is -1.99. The second-order valence-corrected chi connectivity index (χ2v) is 2.86. The third-order valence-electron chi connectivity index (χ3n) is 1.07. The molecule has 0 fully saturated rings. The van der Waals surface area contributed by atoms with Crippen molar-refractivity contribution in [1.29, 1.82) is 0 Å². The van der Waals surface area contributed by atoms with Gasteiger partial charge in [0.05, 0.1) is 19.1 Å². The van der Waals surface area contributed by atoms with E-state index < -0.39 is 0 Å². The number of nitrogens with two attached hydrogens (primary N) is 1. The fourth-order valence-electron chi connectivity index (χ4n) is 0.494. The van der Waals surface area contributed by atoms with Gasteiger partial charge in [0.25, 0.3) is 0 Å². The van der Waals surface area contributed by atoms with Gasteiger partial charge in [0.1, 0.15) is 0 Å². The van der Waals surface area contributed by atoms with Crippen molar-refractivity contribution in [3.05, 3.63) is 0 Å². The summed E-state index contributed by atoms with van der Waals surface area (Å²) >= 11 is 0. The van der Waals surface area contributed by atoms with E-state index >= 15 is 0 Å². The van der Waals surface area contributed by atoms with E-state index in [0.29, 0.717) is 12.5 Å². The molecule has 0 aromatic heterocycles. The molecule has 0 amide bonds. The van der Waals surface area contributed by atoms with E-state index in [1.807, 2.05) is 0 Å². The highest BCUT2D eigenvalue weighted by atomic mass is 14.8. The minimum absolute atomic E-state index is 0.590. The molecule has 11 heavy (non-hydrogen) atoms. The summed E-state index contributed by atoms with van der Waals surface area (Å²) in [6.45, 7) is 6.48. The number of rotatable bonds is 5. The van der Waals surface area contributed by atoms with Gasteiger partial charge in [0.2, 0.25) is 0 Å². The SMILES string of the molecule is CC(C)CN=C=NCCCN. The van der Waals surface area contributed by atoms with Crippen molar-refractivity contribution in [3.8, 4) is 0 Å². The highest BCUT2D eigenvalue weighted by Gasteiger charge is 1.86. The third kappa shape index (κ3) is 9.34. The van der Waals surface area contributed by atoms with E-state index in [0.717, 1.165) is 19.5 Å². The predicted octanol–water partition coefficient (Wildman–Crippen LogP) is 1.17. The quantitative estimate of drug-likeness (QED) is 0.470. The Balaban J connectivity index is 3.32. The first-order valence-electron chi connectivity index (χ1n) is 4.05. The molecule has 0 spiro atoms. The molecular weight excluding hydrogens is 138 g/mol. The van der Waals surface area contributed by atoms with Gasteiger partial charge in [-0.25, -0.2) is 9.98 Å². The van der Waals surface area contributed by atoms with E-state index in [9.17, 15) is 0 Å². The topological polar surface area (TPSA) is 50.7 Å². The number of hydrogen-bond acceptors (Lipinski definition) is 3. The zero-order valence-corrected chi connectivity index (χ0v) is 7.38. The third-order valence-corrected chi connectivity index (χ3v) is 1.07. The molecule has 0 aromatic carbocycles. The molecule has 0 unspecified atom stereocenters. The number of hydrogen-bond donors (Lipinski definition) is 1. The van der Waals surface area contributed by atoms with Crippen LogP contribution in [0.25, 0.3) is 0 Å². The molecule has 0 aliphatic carbocycles. The molecular formula is C8H17N3. The summed E-state index contributed by atoms with van der Waals surface area (Å²) in [5, 5.41) is 0. The first-order chi connectivity index (χ1) is 5.27. The Morgan fingerprint density at radius 1 is 1.36 bits per heavy atom. The first kappa shape index (κ1) is 10.3. The highest BCUT2D eigenvalue weighted by molar-refractivity contribution is 5.40. The maximum absolute atomic E-state index is 5.27. The van der Waals surface area contributed by atoms with Crippen LogP contribution in [-0.2, 0) is 0 Å². The van der Waals surface area contributed by atoms with Gasteiger partial charge < -0.3 is 5.73 Å². The molecule has 3 nitrogen and oxygen atoms in total. The van der Waals surface area contributed by atoms with Crippen molar-refractivity contribution in [2.24, 2.45) is 21.6 Å². The fourth-order valence-corrected chi connectivity index (χ4v) is 0.494. The Kier molecular flexibility index (Phi) is 7.00. The van der Waals surface area contributed by atoms with Crippen molar-refractivity contribution < 1.29 is 0 Å². The normalized spacial score (nSPS) is 9.45. The highest BCUT2D eigenvalue weighted by Crippen LogP contribution is 1.89. The van der Waals surface area contributed by atoms with Gasteiger partial charge >= 0.3 is 0 Å². The van der Waals surface area contributed by atoms with Crippen molar-refractivity contribution in [1.82, 2.24) is 0 Å². The monoisotopic (exact) mass is 155 g/mol. The van der Waals surface area contributed by atoms with Crippen LogP contribution in [0.2, 0.25) is 0 Å². The smallest absolute Gasteiger partial charge is 0.0892 e. The van der Waals surface area contributed by atoms with Crippen molar-refractivity contribution >= 4 is 6.01 Å². The lowest BCUT2D eigenvalue weighted by Gasteiger charge is -1.92. The summed E-state index contributed by atoms with van der Waals surface area (Å²) in [4.78, 5) is 7.92. The molecule has 0 radical (unpaired) electrons.